The molecule has 6 nitrogen and oxygen atoms in total. The minimum atomic E-state index is -1.00. The zero-order valence-electron chi connectivity index (χ0n) is 11.1. The number of nitrogens with zero attached hydrogens (tertiary/aromatic N) is 1. The summed E-state index contributed by atoms with van der Waals surface area (Å²) in [7, 11) is 0. The third kappa shape index (κ3) is 2.52. The molecule has 0 bridgehead atoms. The third-order valence-corrected chi connectivity index (χ3v) is 3.61. The number of fused-ring (bicyclic) bond motifs is 1. The maximum atomic E-state index is 11.3. The van der Waals surface area contributed by atoms with Crippen LogP contribution >= 0.6 is 0 Å². The van der Waals surface area contributed by atoms with Gasteiger partial charge in [0.15, 0.2) is 6.10 Å². The summed E-state index contributed by atoms with van der Waals surface area (Å²) < 4.78 is 5.63. The molecule has 1 aliphatic carbocycles. The zero-order valence-corrected chi connectivity index (χ0v) is 11.1. The van der Waals surface area contributed by atoms with Gasteiger partial charge in [0.1, 0.15) is 5.75 Å². The molecule has 2 aromatic rings. The van der Waals surface area contributed by atoms with Crippen LogP contribution in [0, 0.1) is 16.0 Å². The molecule has 0 spiro atoms. The highest BCUT2D eigenvalue weighted by Crippen LogP contribution is 2.38. The number of rotatable bonds is 5. The average molecular weight is 287 g/mol. The van der Waals surface area contributed by atoms with Gasteiger partial charge < -0.3 is 9.84 Å². The summed E-state index contributed by atoms with van der Waals surface area (Å²) in [6.07, 6.45) is 0.777. The highest BCUT2D eigenvalue weighted by molar-refractivity contribution is 5.95. The molecule has 1 atom stereocenters. The fourth-order valence-corrected chi connectivity index (χ4v) is 2.40. The predicted octanol–water partition coefficient (Wildman–Crippen LogP) is 2.99. The summed E-state index contributed by atoms with van der Waals surface area (Å²) in [4.78, 5) is 21.9. The van der Waals surface area contributed by atoms with E-state index in [1.54, 1.807) is 24.3 Å². The molecule has 21 heavy (non-hydrogen) atoms. The molecule has 1 unspecified atom stereocenters. The molecule has 2 aromatic carbocycles. The second kappa shape index (κ2) is 5.05. The largest absolute Gasteiger partial charge is 0.478 e. The average Bonchev–Trinajstić information content (AvgIpc) is 3.28. The first-order valence-corrected chi connectivity index (χ1v) is 6.63. The number of hydrogen-bond donors (Lipinski definition) is 1. The molecule has 3 rings (SSSR count). The Hall–Kier alpha value is -2.63. The first-order valence-electron chi connectivity index (χ1n) is 6.63. The molecule has 0 heterocycles. The fraction of sp³-hybridized carbons (Fsp3) is 0.267. The van der Waals surface area contributed by atoms with Crippen molar-refractivity contribution in [1.29, 1.82) is 0 Å². The van der Waals surface area contributed by atoms with Crippen molar-refractivity contribution in [2.75, 3.05) is 0 Å². The van der Waals surface area contributed by atoms with E-state index in [1.165, 1.54) is 12.1 Å². The molecule has 1 fully saturated rings. The van der Waals surface area contributed by atoms with Crippen molar-refractivity contribution in [3.8, 4) is 5.75 Å². The number of carboxylic acids is 1. The molecule has 1 N–H and O–H groups in total. The minimum Gasteiger partial charge on any atom is -0.478 e. The van der Waals surface area contributed by atoms with E-state index in [2.05, 4.69) is 0 Å². The van der Waals surface area contributed by atoms with E-state index in [0.717, 1.165) is 12.8 Å². The van der Waals surface area contributed by atoms with Crippen LogP contribution in [-0.4, -0.2) is 22.1 Å². The van der Waals surface area contributed by atoms with E-state index in [9.17, 15) is 20.0 Å². The van der Waals surface area contributed by atoms with E-state index in [1.807, 2.05) is 0 Å². The van der Waals surface area contributed by atoms with Crippen molar-refractivity contribution in [3.05, 3.63) is 46.5 Å². The number of carboxylic acid groups (broad SMARTS) is 1. The summed E-state index contributed by atoms with van der Waals surface area (Å²) in [5.74, 6) is -0.605. The Morgan fingerprint density at radius 3 is 2.48 bits per heavy atom. The lowest BCUT2D eigenvalue weighted by atomic mass is 10.1. The highest BCUT2D eigenvalue weighted by atomic mass is 16.6. The molecule has 0 amide bonds. The quantitative estimate of drug-likeness (QED) is 0.674. The van der Waals surface area contributed by atoms with E-state index < -0.39 is 17.0 Å². The van der Waals surface area contributed by atoms with E-state index in [-0.39, 0.29) is 11.6 Å². The maximum Gasteiger partial charge on any atom is 0.345 e. The van der Waals surface area contributed by atoms with Crippen LogP contribution in [0.5, 0.6) is 5.75 Å². The Bertz CT molecular complexity index is 723. The second-order valence-electron chi connectivity index (χ2n) is 5.10. The third-order valence-electron chi connectivity index (χ3n) is 3.61. The Labute approximate surface area is 120 Å². The van der Waals surface area contributed by atoms with Gasteiger partial charge in [-0.05, 0) is 25.0 Å². The Kier molecular flexibility index (Phi) is 3.21. The van der Waals surface area contributed by atoms with Crippen molar-refractivity contribution in [3.63, 3.8) is 0 Å². The normalized spacial score (nSPS) is 15.6. The summed E-state index contributed by atoms with van der Waals surface area (Å²) in [5, 5.41) is 21.3. The number of hydrogen-bond acceptors (Lipinski definition) is 4. The van der Waals surface area contributed by atoms with Gasteiger partial charge in [-0.3, -0.25) is 10.1 Å². The van der Waals surface area contributed by atoms with Crippen molar-refractivity contribution in [2.45, 2.75) is 18.9 Å². The molecule has 0 radical (unpaired) electrons. The van der Waals surface area contributed by atoms with Gasteiger partial charge in [0.2, 0.25) is 0 Å². The standard InChI is InChI=1S/C15H13NO5/c17-15(18)14(9-5-6-9)21-13-8-7-12(16(19)20)10-3-1-2-4-11(10)13/h1-4,7-9,14H,5-6H2,(H,17,18). The second-order valence-corrected chi connectivity index (χ2v) is 5.10. The smallest absolute Gasteiger partial charge is 0.345 e. The van der Waals surface area contributed by atoms with Crippen molar-refractivity contribution >= 4 is 22.4 Å². The van der Waals surface area contributed by atoms with Crippen molar-refractivity contribution in [1.82, 2.24) is 0 Å². The van der Waals surface area contributed by atoms with Gasteiger partial charge in [-0.2, -0.15) is 0 Å². The summed E-state index contributed by atoms with van der Waals surface area (Å²) in [5.41, 5.74) is -0.0174. The fourth-order valence-electron chi connectivity index (χ4n) is 2.40. The van der Waals surface area contributed by atoms with Crippen LogP contribution in [-0.2, 0) is 4.79 Å². The van der Waals surface area contributed by atoms with Gasteiger partial charge in [-0.15, -0.1) is 0 Å². The van der Waals surface area contributed by atoms with Crippen molar-refractivity contribution < 1.29 is 19.6 Å². The Morgan fingerprint density at radius 1 is 1.24 bits per heavy atom. The van der Waals surface area contributed by atoms with Crippen LogP contribution in [0.15, 0.2) is 36.4 Å². The molecular formula is C15H13NO5. The molecule has 1 saturated carbocycles. The number of carbonyl (C=O) groups is 1. The molecule has 0 aromatic heterocycles. The van der Waals surface area contributed by atoms with E-state index in [4.69, 9.17) is 4.74 Å². The molecule has 0 saturated heterocycles. The Morgan fingerprint density at radius 2 is 1.90 bits per heavy atom. The van der Waals surface area contributed by atoms with Crippen LogP contribution in [0.2, 0.25) is 0 Å². The van der Waals surface area contributed by atoms with Gasteiger partial charge >= 0.3 is 5.97 Å². The predicted molar refractivity (Wildman–Crippen MR) is 75.4 cm³/mol. The van der Waals surface area contributed by atoms with Crippen molar-refractivity contribution in [2.24, 2.45) is 5.92 Å². The zero-order chi connectivity index (χ0) is 15.0. The number of nitro groups is 1. The number of nitro benzene ring substituents is 1. The molecule has 1 aliphatic rings. The first-order chi connectivity index (χ1) is 10.1. The number of ether oxygens (including phenoxy) is 1. The summed E-state index contributed by atoms with van der Waals surface area (Å²) >= 11 is 0. The lowest BCUT2D eigenvalue weighted by Crippen LogP contribution is -2.29. The SMILES string of the molecule is O=C(O)C(Oc1ccc([N+](=O)[O-])c2ccccc12)C1CC1. The maximum absolute atomic E-state index is 11.3. The molecular weight excluding hydrogens is 274 g/mol. The van der Waals surface area contributed by atoms with Crippen LogP contribution in [0.1, 0.15) is 12.8 Å². The van der Waals surface area contributed by atoms with E-state index in [0.29, 0.717) is 16.5 Å². The number of benzene rings is 2. The first kappa shape index (κ1) is 13.4. The lowest BCUT2D eigenvalue weighted by Gasteiger charge is -2.16. The summed E-state index contributed by atoms with van der Waals surface area (Å²) in [6.45, 7) is 0. The highest BCUT2D eigenvalue weighted by Gasteiger charge is 2.38. The van der Waals surface area contributed by atoms with Crippen LogP contribution in [0.4, 0.5) is 5.69 Å². The van der Waals surface area contributed by atoms with E-state index >= 15 is 0 Å². The van der Waals surface area contributed by atoms with Gasteiger partial charge in [0.25, 0.3) is 5.69 Å². The van der Waals surface area contributed by atoms with Crippen LogP contribution < -0.4 is 4.74 Å². The lowest BCUT2D eigenvalue weighted by molar-refractivity contribution is -0.383. The Balaban J connectivity index is 2.05. The van der Waals surface area contributed by atoms with Crippen LogP contribution in [0.25, 0.3) is 10.8 Å². The monoisotopic (exact) mass is 287 g/mol. The van der Waals surface area contributed by atoms with Gasteiger partial charge in [0, 0.05) is 17.4 Å². The minimum absolute atomic E-state index is 0.0174. The molecule has 0 aliphatic heterocycles. The number of aliphatic carboxylic acids is 1. The van der Waals surface area contributed by atoms with Gasteiger partial charge in [-0.1, -0.05) is 18.2 Å². The van der Waals surface area contributed by atoms with Gasteiger partial charge in [0.05, 0.1) is 10.3 Å². The topological polar surface area (TPSA) is 89.7 Å². The van der Waals surface area contributed by atoms with Gasteiger partial charge in [-0.25, -0.2) is 4.79 Å². The number of non-ortho nitro benzene ring substituents is 1. The molecule has 108 valence electrons. The van der Waals surface area contributed by atoms with Crippen LogP contribution in [0.3, 0.4) is 0 Å². The summed E-state index contributed by atoms with van der Waals surface area (Å²) in [6, 6.07) is 9.60. The molecule has 6 heteroatoms.